The maximum Gasteiger partial charge on any atom is 0.522 e. The summed E-state index contributed by atoms with van der Waals surface area (Å²) in [6.45, 7) is 4.58. The number of carboxylic acid groups (broad SMARTS) is 1. The van der Waals surface area contributed by atoms with E-state index in [2.05, 4.69) is 9.72 Å². The number of nitrogens with zero attached hydrogens (tertiary/aromatic N) is 4. The van der Waals surface area contributed by atoms with Gasteiger partial charge < -0.3 is 9.84 Å². The molecule has 1 fully saturated rings. The van der Waals surface area contributed by atoms with Gasteiger partial charge in [0.2, 0.25) is 0 Å². The molecule has 0 unspecified atom stereocenters. The van der Waals surface area contributed by atoms with Gasteiger partial charge in [-0.3, -0.25) is 24.0 Å². The summed E-state index contributed by atoms with van der Waals surface area (Å²) < 4.78 is 50.9. The van der Waals surface area contributed by atoms with Crippen molar-refractivity contribution in [3.05, 3.63) is 73.4 Å². The highest BCUT2D eigenvalue weighted by Gasteiger charge is 2.39. The lowest BCUT2D eigenvalue weighted by molar-refractivity contribution is -0.340. The van der Waals surface area contributed by atoms with Crippen molar-refractivity contribution < 1.29 is 32.5 Å². The van der Waals surface area contributed by atoms with Gasteiger partial charge in [0.1, 0.15) is 18.2 Å². The molecule has 6 rings (SSSR count). The van der Waals surface area contributed by atoms with E-state index in [1.807, 2.05) is 11.0 Å². The van der Waals surface area contributed by atoms with Crippen LogP contribution >= 0.6 is 22.9 Å². The number of aromatic carboxylic acids is 1. The van der Waals surface area contributed by atoms with E-state index in [0.717, 1.165) is 11.3 Å². The highest BCUT2D eigenvalue weighted by molar-refractivity contribution is 7.18. The number of rotatable bonds is 8. The third kappa shape index (κ3) is 6.57. The van der Waals surface area contributed by atoms with E-state index in [4.69, 9.17) is 21.3 Å². The minimum absolute atomic E-state index is 0.0579. The number of alkyl halides is 3. The number of hydrogen-bond donors (Lipinski definition) is 1. The Bertz CT molecular complexity index is 1840. The molecule has 14 heteroatoms. The normalized spacial score (nSPS) is 18.8. The van der Waals surface area contributed by atoms with Crippen molar-refractivity contribution in [2.24, 2.45) is 0 Å². The standard InChI is InChI=1S/C31H30ClF3N4O5S/c1-16-11-22(28-27(36-16)24(15-45-28)30(41)42)21-12-18(32)3-6-26(21)43-10-9-39-17(2)37-25-5-4-19(13-23(25)29(39)40)38-8-7-20(14-38)44-31(33,34)35/h3,6,11-12,15,19-20H,4-5,7-10,13-14H2,1-2H3,(H,41,42)/t19-,20-/m1/s1. The van der Waals surface area contributed by atoms with E-state index in [9.17, 15) is 27.9 Å². The molecule has 2 aliphatic rings. The molecular weight excluding hydrogens is 633 g/mol. The first-order chi connectivity index (χ1) is 21.4. The van der Waals surface area contributed by atoms with Gasteiger partial charge in [0, 0.05) is 51.9 Å². The first-order valence-corrected chi connectivity index (χ1v) is 15.8. The van der Waals surface area contributed by atoms with Crippen LogP contribution in [0.2, 0.25) is 5.02 Å². The lowest BCUT2D eigenvalue weighted by atomic mass is 9.91. The molecule has 4 aromatic rings. The molecule has 0 spiro atoms. The van der Waals surface area contributed by atoms with Crippen LogP contribution in [0.5, 0.6) is 5.75 Å². The maximum absolute atomic E-state index is 13.7. The molecule has 1 saturated heterocycles. The van der Waals surface area contributed by atoms with Crippen molar-refractivity contribution in [3.63, 3.8) is 0 Å². The predicted octanol–water partition coefficient (Wildman–Crippen LogP) is 6.04. The maximum atomic E-state index is 13.7. The molecular formula is C31H30ClF3N4O5S. The number of hydrogen-bond acceptors (Lipinski definition) is 8. The molecule has 1 aliphatic carbocycles. The third-order valence-electron chi connectivity index (χ3n) is 8.37. The van der Waals surface area contributed by atoms with Gasteiger partial charge in [0.05, 0.1) is 34.1 Å². The summed E-state index contributed by atoms with van der Waals surface area (Å²) in [5.74, 6) is 0.0138. The molecule has 3 aromatic heterocycles. The molecule has 1 aliphatic heterocycles. The smallest absolute Gasteiger partial charge is 0.491 e. The first kappa shape index (κ1) is 31.5. The van der Waals surface area contributed by atoms with Gasteiger partial charge >= 0.3 is 12.3 Å². The number of pyridine rings is 1. The van der Waals surface area contributed by atoms with Crippen molar-refractivity contribution in [1.82, 2.24) is 19.4 Å². The van der Waals surface area contributed by atoms with Crippen molar-refractivity contribution in [3.8, 4) is 16.9 Å². The largest absolute Gasteiger partial charge is 0.522 e. The third-order valence-corrected chi connectivity index (χ3v) is 9.61. The van der Waals surface area contributed by atoms with Crippen molar-refractivity contribution in [2.45, 2.75) is 64.6 Å². The minimum atomic E-state index is -4.67. The summed E-state index contributed by atoms with van der Waals surface area (Å²) in [6, 6.07) is 6.99. The zero-order valence-electron chi connectivity index (χ0n) is 24.5. The molecule has 238 valence electrons. The van der Waals surface area contributed by atoms with Gasteiger partial charge in [-0.2, -0.15) is 0 Å². The van der Waals surface area contributed by atoms with Gasteiger partial charge in [0.25, 0.3) is 5.56 Å². The number of ether oxygens (including phenoxy) is 2. The summed E-state index contributed by atoms with van der Waals surface area (Å²) in [4.78, 5) is 36.6. The molecule has 1 N–H and O–H groups in total. The topological polar surface area (TPSA) is 107 Å². The van der Waals surface area contributed by atoms with Crippen molar-refractivity contribution >= 4 is 39.1 Å². The van der Waals surface area contributed by atoms with Crippen LogP contribution in [-0.4, -0.2) is 68.7 Å². The first-order valence-electron chi connectivity index (χ1n) is 14.5. The second kappa shape index (κ2) is 12.3. The molecule has 0 bridgehead atoms. The molecule has 4 heterocycles. The van der Waals surface area contributed by atoms with Gasteiger partial charge in [-0.25, -0.2) is 9.78 Å². The Hall–Kier alpha value is -3.52. The van der Waals surface area contributed by atoms with E-state index in [1.54, 1.807) is 42.0 Å². The zero-order chi connectivity index (χ0) is 32.0. The van der Waals surface area contributed by atoms with E-state index >= 15 is 0 Å². The van der Waals surface area contributed by atoms with E-state index in [1.165, 1.54) is 11.3 Å². The molecule has 2 atom stereocenters. The number of halogens is 4. The average molecular weight is 663 g/mol. The van der Waals surface area contributed by atoms with Crippen molar-refractivity contribution in [1.29, 1.82) is 0 Å². The average Bonchev–Trinajstić information content (AvgIpc) is 3.61. The van der Waals surface area contributed by atoms with Crippen LogP contribution < -0.4 is 10.3 Å². The fraction of sp³-hybridized carbons (Fsp3) is 0.419. The number of aromatic nitrogens is 3. The lowest BCUT2D eigenvalue weighted by Gasteiger charge is -2.32. The van der Waals surface area contributed by atoms with Crippen LogP contribution in [0.3, 0.4) is 0 Å². The van der Waals surface area contributed by atoms with E-state index < -0.39 is 18.4 Å². The van der Waals surface area contributed by atoms with E-state index in [0.29, 0.717) is 75.9 Å². The van der Waals surface area contributed by atoms with Gasteiger partial charge in [-0.15, -0.1) is 24.5 Å². The van der Waals surface area contributed by atoms with Gasteiger partial charge in [0.15, 0.2) is 0 Å². The predicted molar refractivity (Wildman–Crippen MR) is 163 cm³/mol. The number of likely N-dealkylation sites (tertiary alicyclic amines) is 1. The highest BCUT2D eigenvalue weighted by Crippen LogP contribution is 2.40. The highest BCUT2D eigenvalue weighted by atomic mass is 35.5. The Balaban J connectivity index is 1.21. The Morgan fingerprint density at radius 3 is 2.73 bits per heavy atom. The van der Waals surface area contributed by atoms with E-state index in [-0.39, 0.29) is 36.9 Å². The molecule has 0 radical (unpaired) electrons. The van der Waals surface area contributed by atoms with Crippen LogP contribution in [0.25, 0.3) is 21.3 Å². The van der Waals surface area contributed by atoms with Gasteiger partial charge in [-0.1, -0.05) is 11.6 Å². The molecule has 0 amide bonds. The summed E-state index contributed by atoms with van der Waals surface area (Å²) in [6.07, 6.45) is -3.57. The fourth-order valence-corrected chi connectivity index (χ4v) is 7.51. The Morgan fingerprint density at radius 1 is 1.18 bits per heavy atom. The van der Waals surface area contributed by atoms with Crippen LogP contribution in [0.4, 0.5) is 13.2 Å². The second-order valence-corrected chi connectivity index (χ2v) is 12.7. The van der Waals surface area contributed by atoms with Crippen LogP contribution in [-0.2, 0) is 24.1 Å². The van der Waals surface area contributed by atoms with Crippen LogP contribution in [0.1, 0.15) is 46.0 Å². The molecule has 1 aromatic carbocycles. The molecule has 0 saturated carbocycles. The van der Waals surface area contributed by atoms with Gasteiger partial charge in [-0.05, 0) is 63.8 Å². The quantitative estimate of drug-likeness (QED) is 0.244. The minimum Gasteiger partial charge on any atom is -0.491 e. The van der Waals surface area contributed by atoms with Crippen LogP contribution in [0, 0.1) is 13.8 Å². The summed E-state index contributed by atoms with van der Waals surface area (Å²) in [5, 5.41) is 11.7. The Labute approximate surface area is 265 Å². The lowest BCUT2D eigenvalue weighted by Crippen LogP contribution is -2.42. The Kier molecular flexibility index (Phi) is 8.63. The zero-order valence-corrected chi connectivity index (χ0v) is 26.1. The SMILES string of the molecule is Cc1cc(-c2cc(Cl)ccc2OCCn2c(C)nc3c(c2=O)C[C@H](N2CC[C@@H](OC(F)(F)F)C2)CC3)c2scc(C(=O)O)c2n1. The number of thiophene rings is 1. The molecule has 45 heavy (non-hydrogen) atoms. The Morgan fingerprint density at radius 2 is 1.98 bits per heavy atom. The number of benzene rings is 1. The summed E-state index contributed by atoms with van der Waals surface area (Å²) >= 11 is 7.65. The molecule has 9 nitrogen and oxygen atoms in total. The summed E-state index contributed by atoms with van der Waals surface area (Å²) in [5.41, 5.74) is 3.73. The van der Waals surface area contributed by atoms with Crippen LogP contribution in [0.15, 0.2) is 34.4 Å². The number of carbonyl (C=O) groups is 1. The van der Waals surface area contributed by atoms with Crippen molar-refractivity contribution in [2.75, 3.05) is 19.7 Å². The second-order valence-electron chi connectivity index (χ2n) is 11.3. The number of aryl methyl sites for hydroxylation is 3. The fourth-order valence-electron chi connectivity index (χ4n) is 6.33. The number of fused-ring (bicyclic) bond motifs is 2. The summed E-state index contributed by atoms with van der Waals surface area (Å²) in [7, 11) is 0. The number of carboxylic acids is 1. The monoisotopic (exact) mass is 662 g/mol.